The minimum Gasteiger partial charge on any atom is -0.467 e. The molecule has 0 fully saturated rings. The number of hydrogen-bond acceptors (Lipinski definition) is 6. The molecular formula is C10H9BrN4OS. The number of nitrogen functional groups attached to an aromatic ring is 1. The molecule has 0 aliphatic carbocycles. The third kappa shape index (κ3) is 3.31. The van der Waals surface area contributed by atoms with Gasteiger partial charge in [0, 0.05) is 9.37 Å². The second-order valence-corrected chi connectivity index (χ2v) is 4.98. The van der Waals surface area contributed by atoms with Crippen molar-refractivity contribution in [1.82, 2.24) is 15.0 Å². The molecule has 17 heavy (non-hydrogen) atoms. The van der Waals surface area contributed by atoms with Crippen LogP contribution in [-0.4, -0.2) is 22.1 Å². The van der Waals surface area contributed by atoms with Crippen LogP contribution < -0.4 is 10.5 Å². The van der Waals surface area contributed by atoms with Crippen molar-refractivity contribution in [3.8, 4) is 6.01 Å². The van der Waals surface area contributed by atoms with Crippen LogP contribution >= 0.6 is 27.7 Å². The van der Waals surface area contributed by atoms with Gasteiger partial charge in [0.1, 0.15) is 0 Å². The van der Waals surface area contributed by atoms with E-state index in [9.17, 15) is 0 Å². The number of aromatic nitrogens is 3. The highest BCUT2D eigenvalue weighted by molar-refractivity contribution is 9.10. The Morgan fingerprint density at radius 3 is 2.53 bits per heavy atom. The van der Waals surface area contributed by atoms with E-state index in [-0.39, 0.29) is 12.0 Å². The first-order chi connectivity index (χ1) is 8.17. The number of methoxy groups -OCH3 is 1. The first kappa shape index (κ1) is 12.1. The number of ether oxygens (including phenoxy) is 1. The lowest BCUT2D eigenvalue weighted by Crippen LogP contribution is -2.01. The quantitative estimate of drug-likeness (QED) is 0.938. The highest BCUT2D eigenvalue weighted by Crippen LogP contribution is 2.26. The lowest BCUT2D eigenvalue weighted by molar-refractivity contribution is 0.374. The van der Waals surface area contributed by atoms with Gasteiger partial charge in [-0.25, -0.2) is 0 Å². The van der Waals surface area contributed by atoms with Crippen molar-refractivity contribution in [2.45, 2.75) is 10.1 Å². The molecule has 0 saturated heterocycles. The van der Waals surface area contributed by atoms with E-state index in [2.05, 4.69) is 30.9 Å². The van der Waals surface area contributed by atoms with Crippen LogP contribution in [0, 0.1) is 0 Å². The average Bonchev–Trinajstić information content (AvgIpc) is 2.31. The molecule has 0 unspecified atom stereocenters. The van der Waals surface area contributed by atoms with E-state index >= 15 is 0 Å². The van der Waals surface area contributed by atoms with Gasteiger partial charge >= 0.3 is 6.01 Å². The summed E-state index contributed by atoms with van der Waals surface area (Å²) in [5.74, 6) is 0.150. The molecule has 1 heterocycles. The number of benzene rings is 1. The van der Waals surface area contributed by atoms with Crippen LogP contribution in [-0.2, 0) is 0 Å². The summed E-state index contributed by atoms with van der Waals surface area (Å²) in [5.41, 5.74) is 5.55. The van der Waals surface area contributed by atoms with Crippen molar-refractivity contribution < 1.29 is 4.74 Å². The molecule has 0 spiro atoms. The van der Waals surface area contributed by atoms with E-state index in [1.54, 1.807) is 0 Å². The van der Waals surface area contributed by atoms with Crippen LogP contribution in [0.5, 0.6) is 6.01 Å². The van der Waals surface area contributed by atoms with Crippen molar-refractivity contribution >= 4 is 33.6 Å². The molecule has 5 nitrogen and oxygen atoms in total. The predicted molar refractivity (Wildman–Crippen MR) is 69.1 cm³/mol. The molecule has 0 atom stereocenters. The van der Waals surface area contributed by atoms with Gasteiger partial charge in [0.15, 0.2) is 0 Å². The maximum absolute atomic E-state index is 5.55. The highest BCUT2D eigenvalue weighted by atomic mass is 79.9. The summed E-state index contributed by atoms with van der Waals surface area (Å²) in [6.45, 7) is 0. The Bertz CT molecular complexity index is 520. The number of halogens is 1. The van der Waals surface area contributed by atoms with E-state index in [0.29, 0.717) is 5.16 Å². The van der Waals surface area contributed by atoms with Crippen LogP contribution in [0.2, 0.25) is 0 Å². The van der Waals surface area contributed by atoms with Gasteiger partial charge in [0.05, 0.1) is 7.11 Å². The number of hydrogen-bond donors (Lipinski definition) is 1. The normalized spacial score (nSPS) is 10.2. The van der Waals surface area contributed by atoms with Crippen LogP contribution in [0.15, 0.2) is 38.8 Å². The van der Waals surface area contributed by atoms with Crippen molar-refractivity contribution in [3.05, 3.63) is 28.7 Å². The number of rotatable bonds is 3. The second kappa shape index (κ2) is 5.33. The Labute approximate surface area is 111 Å². The van der Waals surface area contributed by atoms with Gasteiger partial charge in [0.2, 0.25) is 11.1 Å². The molecule has 0 aliphatic rings. The third-order valence-electron chi connectivity index (χ3n) is 1.82. The van der Waals surface area contributed by atoms with Gasteiger partial charge in [0.25, 0.3) is 0 Å². The molecule has 2 aromatic rings. The number of nitrogens with two attached hydrogens (primary N) is 1. The molecule has 2 rings (SSSR count). The van der Waals surface area contributed by atoms with Crippen LogP contribution in [0.4, 0.5) is 5.95 Å². The standard InChI is InChI=1S/C10H9BrN4OS/c1-16-9-13-8(12)14-10(15-9)17-7-4-2-6(11)3-5-7/h2-5H,1H3,(H2,12,13,14,15). The summed E-state index contributed by atoms with van der Waals surface area (Å²) in [6.07, 6.45) is 0. The number of nitrogens with zero attached hydrogens (tertiary/aromatic N) is 3. The van der Waals surface area contributed by atoms with Gasteiger partial charge in [-0.05, 0) is 36.0 Å². The first-order valence-electron chi connectivity index (χ1n) is 4.66. The van der Waals surface area contributed by atoms with E-state index in [1.807, 2.05) is 24.3 Å². The minimum absolute atomic E-state index is 0.150. The molecule has 0 aliphatic heterocycles. The topological polar surface area (TPSA) is 73.9 Å². The van der Waals surface area contributed by atoms with Crippen LogP contribution in [0.25, 0.3) is 0 Å². The molecule has 2 N–H and O–H groups in total. The molecule has 0 bridgehead atoms. The molecule has 1 aromatic carbocycles. The van der Waals surface area contributed by atoms with Gasteiger partial charge in [-0.1, -0.05) is 15.9 Å². The van der Waals surface area contributed by atoms with Gasteiger partial charge in [-0.2, -0.15) is 15.0 Å². The highest BCUT2D eigenvalue weighted by Gasteiger charge is 2.06. The predicted octanol–water partition coefficient (Wildman–Crippen LogP) is 2.38. The third-order valence-corrected chi connectivity index (χ3v) is 3.22. The van der Waals surface area contributed by atoms with E-state index in [4.69, 9.17) is 10.5 Å². The summed E-state index contributed by atoms with van der Waals surface area (Å²) < 4.78 is 5.95. The van der Waals surface area contributed by atoms with E-state index in [0.717, 1.165) is 9.37 Å². The lowest BCUT2D eigenvalue weighted by Gasteiger charge is -2.03. The molecular weight excluding hydrogens is 304 g/mol. The monoisotopic (exact) mass is 312 g/mol. The largest absolute Gasteiger partial charge is 0.467 e. The minimum atomic E-state index is 0.150. The zero-order chi connectivity index (χ0) is 12.3. The summed E-state index contributed by atoms with van der Waals surface area (Å²) in [4.78, 5) is 13.0. The van der Waals surface area contributed by atoms with Crippen LogP contribution in [0.3, 0.4) is 0 Å². The first-order valence-corrected chi connectivity index (χ1v) is 6.27. The Morgan fingerprint density at radius 2 is 1.88 bits per heavy atom. The fourth-order valence-corrected chi connectivity index (χ4v) is 2.11. The van der Waals surface area contributed by atoms with Crippen molar-refractivity contribution in [3.63, 3.8) is 0 Å². The maximum atomic E-state index is 5.55. The van der Waals surface area contributed by atoms with E-state index in [1.165, 1.54) is 18.9 Å². The fourth-order valence-electron chi connectivity index (χ4n) is 1.10. The zero-order valence-corrected chi connectivity index (χ0v) is 11.3. The molecule has 0 amide bonds. The second-order valence-electron chi connectivity index (χ2n) is 3.02. The molecule has 1 aromatic heterocycles. The van der Waals surface area contributed by atoms with E-state index < -0.39 is 0 Å². The summed E-state index contributed by atoms with van der Waals surface area (Å²) in [7, 11) is 1.49. The number of anilines is 1. The van der Waals surface area contributed by atoms with Crippen molar-refractivity contribution in [2.24, 2.45) is 0 Å². The fraction of sp³-hybridized carbons (Fsp3) is 0.100. The summed E-state index contributed by atoms with van der Waals surface area (Å²) >= 11 is 4.77. The lowest BCUT2D eigenvalue weighted by atomic mass is 10.4. The van der Waals surface area contributed by atoms with Crippen molar-refractivity contribution in [2.75, 3.05) is 12.8 Å². The molecule has 0 radical (unpaired) electrons. The Hall–Kier alpha value is -1.34. The van der Waals surface area contributed by atoms with Crippen LogP contribution in [0.1, 0.15) is 0 Å². The SMILES string of the molecule is COc1nc(N)nc(Sc2ccc(Br)cc2)n1. The zero-order valence-electron chi connectivity index (χ0n) is 8.92. The maximum Gasteiger partial charge on any atom is 0.321 e. The summed E-state index contributed by atoms with van der Waals surface area (Å²) in [5, 5.41) is 0.511. The Morgan fingerprint density at radius 1 is 1.18 bits per heavy atom. The van der Waals surface area contributed by atoms with Gasteiger partial charge < -0.3 is 10.5 Å². The van der Waals surface area contributed by atoms with Gasteiger partial charge in [-0.3, -0.25) is 0 Å². The Kier molecular flexibility index (Phi) is 3.80. The summed E-state index contributed by atoms with van der Waals surface area (Å²) in [6, 6.07) is 8.04. The molecule has 7 heteroatoms. The molecule has 0 saturated carbocycles. The molecule has 88 valence electrons. The smallest absolute Gasteiger partial charge is 0.321 e. The van der Waals surface area contributed by atoms with Crippen molar-refractivity contribution in [1.29, 1.82) is 0 Å². The Balaban J connectivity index is 2.23. The average molecular weight is 313 g/mol. The van der Waals surface area contributed by atoms with Gasteiger partial charge in [-0.15, -0.1) is 0 Å².